The van der Waals surface area contributed by atoms with E-state index >= 15 is 0 Å². The van der Waals surface area contributed by atoms with Gasteiger partial charge in [0.1, 0.15) is 11.6 Å². The van der Waals surface area contributed by atoms with Gasteiger partial charge < -0.3 is 9.30 Å². The molecule has 0 fully saturated rings. The fourth-order valence-corrected chi connectivity index (χ4v) is 3.72. The van der Waals surface area contributed by atoms with E-state index in [1.807, 2.05) is 48.7 Å². The van der Waals surface area contributed by atoms with E-state index in [0.29, 0.717) is 6.61 Å². The number of unbranched alkanes of at least 4 members (excludes halogenated alkanes) is 5. The van der Waals surface area contributed by atoms with Gasteiger partial charge in [-0.05, 0) is 24.1 Å². The Hall–Kier alpha value is -3.32. The van der Waals surface area contributed by atoms with E-state index in [1.54, 1.807) is 6.08 Å². The van der Waals surface area contributed by atoms with Crippen LogP contribution < -0.4 is 0 Å². The summed E-state index contributed by atoms with van der Waals surface area (Å²) in [6.07, 6.45) is 10.4. The van der Waals surface area contributed by atoms with Gasteiger partial charge in [-0.15, -0.1) is 0 Å². The van der Waals surface area contributed by atoms with Gasteiger partial charge in [0.15, 0.2) is 0 Å². The number of rotatable bonds is 11. The normalized spacial score (nSPS) is 11.4. The number of hydrogen-bond donors (Lipinski definition) is 0. The SMILES string of the molecule is CCCCCCCCOC(=O)C(C#N)=Cc1cn(Cc2ccccc2)c2ccccc12. The van der Waals surface area contributed by atoms with Crippen molar-refractivity contribution in [1.82, 2.24) is 4.57 Å². The predicted molar refractivity (Wildman–Crippen MR) is 125 cm³/mol. The number of ether oxygens (including phenoxy) is 1. The molecule has 0 bridgehead atoms. The number of carbonyl (C=O) groups excluding carboxylic acids is 1. The lowest BCUT2D eigenvalue weighted by molar-refractivity contribution is -0.138. The van der Waals surface area contributed by atoms with Gasteiger partial charge in [-0.2, -0.15) is 5.26 Å². The molecule has 0 atom stereocenters. The highest BCUT2D eigenvalue weighted by Crippen LogP contribution is 2.25. The van der Waals surface area contributed by atoms with Crippen molar-refractivity contribution < 1.29 is 9.53 Å². The first-order chi connectivity index (χ1) is 15.2. The Kier molecular flexibility index (Phi) is 8.48. The van der Waals surface area contributed by atoms with Crippen LogP contribution in [0.1, 0.15) is 56.6 Å². The zero-order chi connectivity index (χ0) is 21.9. The maximum atomic E-state index is 12.4. The molecule has 0 aliphatic rings. The summed E-state index contributed by atoms with van der Waals surface area (Å²) in [4.78, 5) is 12.4. The Morgan fingerprint density at radius 3 is 2.48 bits per heavy atom. The fourth-order valence-electron chi connectivity index (χ4n) is 3.72. The van der Waals surface area contributed by atoms with Crippen molar-refractivity contribution in [3.05, 3.63) is 77.5 Å². The Bertz CT molecular complexity index is 1060. The van der Waals surface area contributed by atoms with Gasteiger partial charge in [-0.25, -0.2) is 4.79 Å². The number of nitriles is 1. The van der Waals surface area contributed by atoms with Crippen molar-refractivity contribution in [3.8, 4) is 6.07 Å². The van der Waals surface area contributed by atoms with Gasteiger partial charge in [0.2, 0.25) is 0 Å². The third kappa shape index (κ3) is 6.33. The van der Waals surface area contributed by atoms with Crippen molar-refractivity contribution in [2.45, 2.75) is 52.0 Å². The lowest BCUT2D eigenvalue weighted by Gasteiger charge is -2.05. The van der Waals surface area contributed by atoms with E-state index in [2.05, 4.69) is 29.7 Å². The molecule has 0 amide bonds. The summed E-state index contributed by atoms with van der Waals surface area (Å²) < 4.78 is 7.50. The molecular weight excluding hydrogens is 384 g/mol. The van der Waals surface area contributed by atoms with Crippen LogP contribution in [0.2, 0.25) is 0 Å². The molecule has 1 aromatic heterocycles. The van der Waals surface area contributed by atoms with Crippen molar-refractivity contribution >= 4 is 22.9 Å². The van der Waals surface area contributed by atoms with Crippen LogP contribution in [0.25, 0.3) is 17.0 Å². The summed E-state index contributed by atoms with van der Waals surface area (Å²) in [7, 11) is 0. The van der Waals surface area contributed by atoms with Gasteiger partial charge >= 0.3 is 5.97 Å². The molecule has 1 heterocycles. The van der Waals surface area contributed by atoms with Gasteiger partial charge in [0, 0.05) is 29.2 Å². The Morgan fingerprint density at radius 2 is 1.71 bits per heavy atom. The summed E-state index contributed by atoms with van der Waals surface area (Å²) in [6, 6.07) is 20.3. The second kappa shape index (κ2) is 11.8. The largest absolute Gasteiger partial charge is 0.462 e. The zero-order valence-corrected chi connectivity index (χ0v) is 18.2. The summed E-state index contributed by atoms with van der Waals surface area (Å²) in [5.41, 5.74) is 3.14. The van der Waals surface area contributed by atoms with Crippen LogP contribution in [0.3, 0.4) is 0 Å². The molecule has 0 radical (unpaired) electrons. The number of fused-ring (bicyclic) bond motifs is 1. The quantitative estimate of drug-likeness (QED) is 0.156. The highest BCUT2D eigenvalue weighted by Gasteiger charge is 2.13. The van der Waals surface area contributed by atoms with E-state index in [4.69, 9.17) is 4.74 Å². The van der Waals surface area contributed by atoms with Crippen molar-refractivity contribution in [1.29, 1.82) is 5.26 Å². The first-order valence-corrected chi connectivity index (χ1v) is 11.1. The fraction of sp³-hybridized carbons (Fsp3) is 0.333. The molecule has 0 aliphatic carbocycles. The minimum absolute atomic E-state index is 0.0357. The number of esters is 1. The molecule has 31 heavy (non-hydrogen) atoms. The molecule has 3 rings (SSSR count). The van der Waals surface area contributed by atoms with Crippen LogP contribution in [-0.4, -0.2) is 17.1 Å². The lowest BCUT2D eigenvalue weighted by atomic mass is 10.1. The first-order valence-electron chi connectivity index (χ1n) is 11.1. The van der Waals surface area contributed by atoms with Crippen LogP contribution in [0.5, 0.6) is 0 Å². The second-order valence-corrected chi connectivity index (χ2v) is 7.79. The number of para-hydroxylation sites is 1. The molecule has 4 nitrogen and oxygen atoms in total. The van der Waals surface area contributed by atoms with Gasteiger partial charge in [0.05, 0.1) is 6.61 Å². The standard InChI is InChI=1S/C27H30N2O2/c1-2-3-4-5-6-12-17-31-27(30)23(19-28)18-24-21-29(20-22-13-8-7-9-14-22)26-16-11-10-15-25(24)26/h7-11,13-16,18,21H,2-6,12,17,20H2,1H3. The maximum Gasteiger partial charge on any atom is 0.348 e. The van der Waals surface area contributed by atoms with Crippen LogP contribution in [0.4, 0.5) is 0 Å². The van der Waals surface area contributed by atoms with E-state index in [-0.39, 0.29) is 5.57 Å². The molecule has 0 unspecified atom stereocenters. The smallest absolute Gasteiger partial charge is 0.348 e. The number of carbonyl (C=O) groups is 1. The molecule has 0 saturated heterocycles. The molecule has 0 N–H and O–H groups in total. The maximum absolute atomic E-state index is 12.4. The van der Waals surface area contributed by atoms with Crippen molar-refractivity contribution in [2.75, 3.05) is 6.61 Å². The van der Waals surface area contributed by atoms with Crippen LogP contribution in [0.15, 0.2) is 66.4 Å². The number of benzene rings is 2. The summed E-state index contributed by atoms with van der Waals surface area (Å²) in [6.45, 7) is 3.27. The van der Waals surface area contributed by atoms with E-state index in [1.165, 1.54) is 24.8 Å². The molecule has 3 aromatic rings. The second-order valence-electron chi connectivity index (χ2n) is 7.79. The van der Waals surface area contributed by atoms with Crippen LogP contribution in [-0.2, 0) is 16.1 Å². The molecular formula is C27H30N2O2. The minimum atomic E-state index is -0.545. The minimum Gasteiger partial charge on any atom is -0.462 e. The summed E-state index contributed by atoms with van der Waals surface area (Å²) >= 11 is 0. The molecule has 0 aliphatic heterocycles. The molecule has 0 saturated carbocycles. The Balaban J connectivity index is 1.71. The lowest BCUT2D eigenvalue weighted by Crippen LogP contribution is -2.08. The van der Waals surface area contributed by atoms with Crippen LogP contribution in [0, 0.1) is 11.3 Å². The third-order valence-electron chi connectivity index (χ3n) is 5.39. The third-order valence-corrected chi connectivity index (χ3v) is 5.39. The van der Waals surface area contributed by atoms with E-state index < -0.39 is 5.97 Å². The van der Waals surface area contributed by atoms with E-state index in [9.17, 15) is 10.1 Å². The first kappa shape index (κ1) is 22.4. The number of nitrogens with zero attached hydrogens (tertiary/aromatic N) is 2. The van der Waals surface area contributed by atoms with E-state index in [0.717, 1.165) is 42.3 Å². The topological polar surface area (TPSA) is 55.0 Å². The van der Waals surface area contributed by atoms with Crippen LogP contribution >= 0.6 is 0 Å². The molecule has 2 aromatic carbocycles. The Morgan fingerprint density at radius 1 is 1.00 bits per heavy atom. The average Bonchev–Trinajstić information content (AvgIpc) is 3.14. The van der Waals surface area contributed by atoms with Crippen molar-refractivity contribution in [2.24, 2.45) is 0 Å². The molecule has 160 valence electrons. The average molecular weight is 415 g/mol. The highest BCUT2D eigenvalue weighted by atomic mass is 16.5. The van der Waals surface area contributed by atoms with Gasteiger partial charge in [-0.1, -0.05) is 87.6 Å². The number of aromatic nitrogens is 1. The molecule has 4 heteroatoms. The predicted octanol–water partition coefficient (Wildman–Crippen LogP) is 6.50. The zero-order valence-electron chi connectivity index (χ0n) is 18.2. The Labute approximate surface area is 184 Å². The van der Waals surface area contributed by atoms with Crippen molar-refractivity contribution in [3.63, 3.8) is 0 Å². The summed E-state index contributed by atoms with van der Waals surface area (Å²) in [5, 5.41) is 10.6. The van der Waals surface area contributed by atoms with Gasteiger partial charge in [-0.3, -0.25) is 0 Å². The van der Waals surface area contributed by atoms with Gasteiger partial charge in [0.25, 0.3) is 0 Å². The summed E-state index contributed by atoms with van der Waals surface area (Å²) in [5.74, 6) is -0.545. The number of hydrogen-bond acceptors (Lipinski definition) is 3. The highest BCUT2D eigenvalue weighted by molar-refractivity contribution is 6.01. The monoisotopic (exact) mass is 414 g/mol. The molecule has 0 spiro atoms.